The zero-order valence-electron chi connectivity index (χ0n) is 5.80. The summed E-state index contributed by atoms with van der Waals surface area (Å²) in [5.41, 5.74) is 0. The van der Waals surface area contributed by atoms with Crippen molar-refractivity contribution < 1.29 is 44.2 Å². The molecular weight excluding hydrogens is 131 g/mol. The molecule has 46 valence electrons. The van der Waals surface area contributed by atoms with Gasteiger partial charge in [0.1, 0.15) is 0 Å². The second-order valence-corrected chi connectivity index (χ2v) is 1.28. The summed E-state index contributed by atoms with van der Waals surface area (Å²) in [6, 6.07) is 0. The van der Waals surface area contributed by atoms with Crippen LogP contribution in [-0.2, 0) is 9.53 Å². The third kappa shape index (κ3) is 8.01. The molecule has 0 fully saturated rings. The minimum absolute atomic E-state index is 0. The van der Waals surface area contributed by atoms with E-state index < -0.39 is 5.97 Å². The van der Waals surface area contributed by atoms with Gasteiger partial charge in [-0.05, 0) is 0 Å². The van der Waals surface area contributed by atoms with Crippen LogP contribution in [0.1, 0.15) is 6.92 Å². The molecule has 0 aromatic rings. The number of hydrogen-bond acceptors (Lipinski definition) is 3. The molecule has 0 unspecified atom stereocenters. The Kier molecular flexibility index (Phi) is 8.02. The van der Waals surface area contributed by atoms with Crippen molar-refractivity contribution in [2.45, 2.75) is 6.92 Å². The molecule has 9 heavy (non-hydrogen) atoms. The fourth-order valence-corrected chi connectivity index (χ4v) is 0.225. The average molecular weight is 138 g/mol. The summed E-state index contributed by atoms with van der Waals surface area (Å²) in [6.45, 7) is 1.29. The van der Waals surface area contributed by atoms with E-state index in [0.29, 0.717) is 0 Å². The monoisotopic (exact) mass is 138 g/mol. The van der Waals surface area contributed by atoms with Gasteiger partial charge in [0.2, 0.25) is 0 Å². The first-order valence-electron chi connectivity index (χ1n) is 2.10. The molecular formula is C5H7NaO3. The standard InChI is InChI=1S/C5H8O3.Na/c1-4(6)3-5(7)8-2;/h3,6H,1-2H3;/q;+1/p-1. The zero-order chi connectivity index (χ0) is 6.57. The summed E-state index contributed by atoms with van der Waals surface area (Å²) >= 11 is 0. The normalized spacial score (nSPS) is 9.78. The number of hydrogen-bond donors (Lipinski definition) is 0. The van der Waals surface area contributed by atoms with Gasteiger partial charge in [0.25, 0.3) is 0 Å². The summed E-state index contributed by atoms with van der Waals surface area (Å²) in [5.74, 6) is -0.894. The minimum Gasteiger partial charge on any atom is -0.875 e. The second kappa shape index (κ2) is 6.13. The number of rotatable bonds is 1. The Morgan fingerprint density at radius 2 is 2.11 bits per heavy atom. The first-order chi connectivity index (χ1) is 3.66. The van der Waals surface area contributed by atoms with E-state index in [1.54, 1.807) is 0 Å². The van der Waals surface area contributed by atoms with Crippen molar-refractivity contribution >= 4 is 5.97 Å². The SMILES string of the molecule is COC(=O)C=C(C)[O-].[Na+]. The van der Waals surface area contributed by atoms with Crippen molar-refractivity contribution in [3.8, 4) is 0 Å². The Bertz CT molecular complexity index is 115. The van der Waals surface area contributed by atoms with Gasteiger partial charge in [-0.3, -0.25) is 0 Å². The van der Waals surface area contributed by atoms with Crippen LogP contribution in [0, 0.1) is 0 Å². The maximum absolute atomic E-state index is 10.1. The molecule has 0 bridgehead atoms. The van der Waals surface area contributed by atoms with Gasteiger partial charge in [-0.2, -0.15) is 0 Å². The molecule has 0 aromatic carbocycles. The van der Waals surface area contributed by atoms with Crippen molar-refractivity contribution in [3.05, 3.63) is 11.8 Å². The number of methoxy groups -OCH3 is 1. The van der Waals surface area contributed by atoms with E-state index in [9.17, 15) is 9.90 Å². The van der Waals surface area contributed by atoms with E-state index in [-0.39, 0.29) is 35.3 Å². The average Bonchev–Trinajstić information content (AvgIpc) is 1.65. The Labute approximate surface area is 76.0 Å². The summed E-state index contributed by atoms with van der Waals surface area (Å²) in [4.78, 5) is 10.1. The predicted molar refractivity (Wildman–Crippen MR) is 25.8 cm³/mol. The quantitative estimate of drug-likeness (QED) is 0.163. The number of carbonyl (C=O) groups is 1. The summed E-state index contributed by atoms with van der Waals surface area (Å²) in [6.07, 6.45) is 0.889. The number of carbonyl (C=O) groups excluding carboxylic acids is 1. The molecule has 0 radical (unpaired) electrons. The minimum atomic E-state index is -0.600. The molecule has 3 nitrogen and oxygen atoms in total. The third-order valence-electron chi connectivity index (χ3n) is 0.522. The molecule has 0 heterocycles. The van der Waals surface area contributed by atoms with Gasteiger partial charge in [0.15, 0.2) is 0 Å². The van der Waals surface area contributed by atoms with Gasteiger partial charge in [0, 0.05) is 6.08 Å². The molecule has 0 atom stereocenters. The van der Waals surface area contributed by atoms with Crippen LogP contribution in [0.4, 0.5) is 0 Å². The first kappa shape index (κ1) is 11.8. The molecule has 0 aliphatic carbocycles. The predicted octanol–water partition coefficient (Wildman–Crippen LogP) is -3.57. The van der Waals surface area contributed by atoms with Crippen molar-refractivity contribution in [2.24, 2.45) is 0 Å². The van der Waals surface area contributed by atoms with Gasteiger partial charge in [-0.1, -0.05) is 6.92 Å². The van der Waals surface area contributed by atoms with Crippen LogP contribution in [0.15, 0.2) is 11.8 Å². The maximum atomic E-state index is 10.1. The zero-order valence-corrected chi connectivity index (χ0v) is 7.80. The van der Waals surface area contributed by atoms with Gasteiger partial charge < -0.3 is 9.84 Å². The van der Waals surface area contributed by atoms with Crippen LogP contribution in [0.2, 0.25) is 0 Å². The van der Waals surface area contributed by atoms with E-state index in [0.717, 1.165) is 6.08 Å². The molecule has 0 saturated heterocycles. The summed E-state index contributed by atoms with van der Waals surface area (Å²) in [5, 5.41) is 10.1. The van der Waals surface area contributed by atoms with Gasteiger partial charge in [0.05, 0.1) is 7.11 Å². The third-order valence-corrected chi connectivity index (χ3v) is 0.522. The van der Waals surface area contributed by atoms with Crippen molar-refractivity contribution in [1.29, 1.82) is 0 Å². The van der Waals surface area contributed by atoms with Gasteiger partial charge in [-0.15, -0.1) is 5.76 Å². The molecule has 0 amide bonds. The fourth-order valence-electron chi connectivity index (χ4n) is 0.225. The van der Waals surface area contributed by atoms with Crippen molar-refractivity contribution in [2.75, 3.05) is 7.11 Å². The Hall–Kier alpha value is 0.0100. The summed E-state index contributed by atoms with van der Waals surface area (Å²) < 4.78 is 4.15. The molecule has 0 aliphatic heterocycles. The number of esters is 1. The smallest absolute Gasteiger partial charge is 0.875 e. The van der Waals surface area contributed by atoms with Crippen LogP contribution in [-0.4, -0.2) is 13.1 Å². The molecule has 0 rings (SSSR count). The topological polar surface area (TPSA) is 49.4 Å². The Morgan fingerprint density at radius 1 is 1.67 bits per heavy atom. The molecule has 0 aliphatic rings. The number of allylic oxidation sites excluding steroid dienone is 1. The Morgan fingerprint density at radius 3 is 2.22 bits per heavy atom. The van der Waals surface area contributed by atoms with Gasteiger partial charge in [-0.25, -0.2) is 4.79 Å². The molecule has 0 aromatic heterocycles. The Balaban J connectivity index is 0. The van der Waals surface area contributed by atoms with Crippen LogP contribution in [0.3, 0.4) is 0 Å². The largest absolute Gasteiger partial charge is 1.00 e. The van der Waals surface area contributed by atoms with Gasteiger partial charge >= 0.3 is 35.5 Å². The van der Waals surface area contributed by atoms with E-state index in [2.05, 4.69) is 4.74 Å². The second-order valence-electron chi connectivity index (χ2n) is 1.28. The van der Waals surface area contributed by atoms with E-state index in [1.807, 2.05) is 0 Å². The van der Waals surface area contributed by atoms with E-state index >= 15 is 0 Å². The van der Waals surface area contributed by atoms with E-state index in [1.165, 1.54) is 14.0 Å². The number of ether oxygens (including phenoxy) is 1. The molecule has 0 saturated carbocycles. The van der Waals surface area contributed by atoms with Crippen LogP contribution >= 0.6 is 0 Å². The van der Waals surface area contributed by atoms with Crippen molar-refractivity contribution in [1.82, 2.24) is 0 Å². The summed E-state index contributed by atoms with van der Waals surface area (Å²) in [7, 11) is 1.22. The van der Waals surface area contributed by atoms with E-state index in [4.69, 9.17) is 0 Å². The fraction of sp³-hybridized carbons (Fsp3) is 0.400. The van der Waals surface area contributed by atoms with Crippen LogP contribution in [0.5, 0.6) is 0 Å². The molecule has 0 N–H and O–H groups in total. The van der Waals surface area contributed by atoms with Crippen molar-refractivity contribution in [3.63, 3.8) is 0 Å². The van der Waals surface area contributed by atoms with Crippen LogP contribution in [0.25, 0.3) is 0 Å². The molecule has 4 heteroatoms. The van der Waals surface area contributed by atoms with Crippen LogP contribution < -0.4 is 34.7 Å². The molecule has 0 spiro atoms. The maximum Gasteiger partial charge on any atom is 1.00 e. The first-order valence-corrected chi connectivity index (χ1v) is 2.10.